The van der Waals surface area contributed by atoms with Crippen LogP contribution in [0, 0.1) is 41.3 Å². The van der Waals surface area contributed by atoms with E-state index in [1.165, 1.54) is 24.3 Å². The zero-order chi connectivity index (χ0) is 28.1. The lowest BCUT2D eigenvalue weighted by Crippen LogP contribution is -2.66. The topological polar surface area (TPSA) is 142 Å². The Kier molecular flexibility index (Phi) is 5.51. The van der Waals surface area contributed by atoms with Crippen LogP contribution in [0.2, 0.25) is 0 Å². The molecule has 0 spiro atoms. The molecule has 210 valence electrons. The molecule has 4 aliphatic carbocycles. The lowest BCUT2D eigenvalue weighted by Gasteiger charge is -2.55. The number of fused-ring (bicyclic) bond motifs is 2. The molecule has 2 aliphatic heterocycles. The van der Waals surface area contributed by atoms with E-state index in [2.05, 4.69) is 14.4 Å². The Bertz CT molecular complexity index is 1710. The summed E-state index contributed by atoms with van der Waals surface area (Å²) in [6, 6.07) is 9.53. The summed E-state index contributed by atoms with van der Waals surface area (Å²) in [6.45, 7) is 0.182. The molecule has 10 nitrogen and oxygen atoms in total. The molecule has 8 rings (SSSR count). The number of nitrogens with zero attached hydrogens (tertiary/aromatic N) is 2. The first-order chi connectivity index (χ1) is 18.9. The molecule has 7 atom stereocenters. The van der Waals surface area contributed by atoms with Crippen LogP contribution < -0.4 is 10.0 Å². The highest BCUT2D eigenvalue weighted by Crippen LogP contribution is 2.66. The van der Waals surface area contributed by atoms with Gasteiger partial charge in [0.25, 0.3) is 10.0 Å². The molecular weight excluding hydrogens is 559 g/mol. The zero-order valence-corrected chi connectivity index (χ0v) is 23.1. The highest BCUT2D eigenvalue weighted by Gasteiger charge is 2.67. The smallest absolute Gasteiger partial charge is 0.286 e. The fourth-order valence-corrected chi connectivity index (χ4v) is 9.39. The molecule has 0 aromatic heterocycles. The Balaban J connectivity index is 1.27. The number of piperidine rings is 1. The van der Waals surface area contributed by atoms with Gasteiger partial charge in [-0.3, -0.25) is 14.3 Å². The van der Waals surface area contributed by atoms with E-state index in [9.17, 15) is 30.8 Å². The summed E-state index contributed by atoms with van der Waals surface area (Å²) < 4.78 is 69.5. The molecule has 5 fully saturated rings. The van der Waals surface area contributed by atoms with E-state index in [0.29, 0.717) is 11.8 Å². The second kappa shape index (κ2) is 8.59. The number of Topliss-reactive ketones (excluding diaryl/α,β-unsaturated/α-hetero) is 1. The summed E-state index contributed by atoms with van der Waals surface area (Å²) in [4.78, 5) is 29.7. The van der Waals surface area contributed by atoms with E-state index in [1.54, 1.807) is 17.0 Å². The maximum Gasteiger partial charge on any atom is 0.286 e. The molecule has 13 heteroatoms. The number of amidine groups is 1. The van der Waals surface area contributed by atoms with Crippen LogP contribution in [0.5, 0.6) is 0 Å². The quantitative estimate of drug-likeness (QED) is 0.513. The lowest BCUT2D eigenvalue weighted by atomic mass is 9.57. The minimum Gasteiger partial charge on any atom is -0.341 e. The SMILES string of the molecule is CS(=O)(=O)Nc1ccc2c(c1)S(=O)(=O)N=C(C1C(=O)[C@H]3C4CCC(C5CC54)[C@H]3N(Cc3ccc(F)cc3)C1=O)N2. The molecule has 40 heavy (non-hydrogen) atoms. The first kappa shape index (κ1) is 25.6. The Morgan fingerprint density at radius 1 is 1.05 bits per heavy atom. The van der Waals surface area contributed by atoms with E-state index < -0.39 is 43.6 Å². The molecule has 1 amide bonds. The third kappa shape index (κ3) is 4.04. The fourth-order valence-electron chi connectivity index (χ4n) is 7.66. The van der Waals surface area contributed by atoms with E-state index in [4.69, 9.17) is 0 Å². The van der Waals surface area contributed by atoms with Crippen LogP contribution in [0.15, 0.2) is 51.8 Å². The monoisotopic (exact) mass is 586 g/mol. The molecular formula is C27H27FN4O6S2. The van der Waals surface area contributed by atoms with Crippen LogP contribution in [0.25, 0.3) is 0 Å². The maximum absolute atomic E-state index is 14.1. The molecule has 2 bridgehead atoms. The highest BCUT2D eigenvalue weighted by molar-refractivity contribution is 7.92. The van der Waals surface area contributed by atoms with E-state index >= 15 is 0 Å². The number of benzene rings is 2. The van der Waals surface area contributed by atoms with Crippen molar-refractivity contribution in [1.82, 2.24) is 4.90 Å². The van der Waals surface area contributed by atoms with Crippen molar-refractivity contribution in [2.75, 3.05) is 16.3 Å². The lowest BCUT2D eigenvalue weighted by molar-refractivity contribution is -0.163. The van der Waals surface area contributed by atoms with Crippen molar-refractivity contribution in [1.29, 1.82) is 0 Å². The van der Waals surface area contributed by atoms with Crippen LogP contribution in [-0.4, -0.2) is 51.6 Å². The van der Waals surface area contributed by atoms with Crippen LogP contribution >= 0.6 is 0 Å². The van der Waals surface area contributed by atoms with Gasteiger partial charge in [-0.1, -0.05) is 12.1 Å². The number of nitrogens with one attached hydrogen (secondary N) is 2. The number of amides is 1. The molecule has 1 saturated heterocycles. The van der Waals surface area contributed by atoms with Gasteiger partial charge >= 0.3 is 0 Å². The Hall–Kier alpha value is -3.32. The van der Waals surface area contributed by atoms with Gasteiger partial charge in [-0.2, -0.15) is 8.42 Å². The van der Waals surface area contributed by atoms with Gasteiger partial charge in [-0.05, 0) is 78.8 Å². The third-order valence-corrected chi connectivity index (χ3v) is 11.1. The molecule has 2 aromatic carbocycles. The number of hydrogen-bond acceptors (Lipinski definition) is 7. The number of hydrogen-bond donors (Lipinski definition) is 2. The number of carbonyl (C=O) groups is 2. The van der Waals surface area contributed by atoms with Crippen LogP contribution in [0.4, 0.5) is 15.8 Å². The number of sulfonamides is 2. The normalized spacial score (nSPS) is 33.3. The summed E-state index contributed by atoms with van der Waals surface area (Å²) >= 11 is 0. The third-order valence-electron chi connectivity index (χ3n) is 9.18. The molecule has 2 heterocycles. The zero-order valence-electron chi connectivity index (χ0n) is 21.4. The van der Waals surface area contributed by atoms with Crippen molar-refractivity contribution in [2.24, 2.45) is 39.9 Å². The van der Waals surface area contributed by atoms with E-state index in [-0.39, 0.29) is 52.3 Å². The number of anilines is 2. The minimum absolute atomic E-state index is 0.0422. The van der Waals surface area contributed by atoms with Crippen molar-refractivity contribution < 1.29 is 30.8 Å². The largest absolute Gasteiger partial charge is 0.341 e. The predicted molar refractivity (Wildman–Crippen MR) is 144 cm³/mol. The van der Waals surface area contributed by atoms with Gasteiger partial charge in [0, 0.05) is 24.2 Å². The van der Waals surface area contributed by atoms with Crippen LogP contribution in [-0.2, 0) is 36.2 Å². The standard InChI is InChI=1S/C27H27FN4O6S2/c1-39(35,36)30-15-6-9-20-21(10-15)40(37,38)31-26(29-20)23-25(33)22-16-7-8-17(19-11-18(16)19)24(22)32(27(23)34)12-13-2-4-14(28)5-3-13/h2-6,9-10,16-19,22-24,30H,7-8,11-12H2,1H3,(H,29,31)/t16?,17?,18?,19?,22-,23?,24+/m0/s1. The van der Waals surface area contributed by atoms with Crippen molar-refractivity contribution in [3.8, 4) is 0 Å². The molecule has 2 aromatic rings. The first-order valence-corrected chi connectivity index (χ1v) is 16.6. The molecule has 0 radical (unpaired) electrons. The summed E-state index contributed by atoms with van der Waals surface area (Å²) in [6.07, 6.45) is 3.84. The molecule has 4 saturated carbocycles. The molecule has 5 unspecified atom stereocenters. The van der Waals surface area contributed by atoms with E-state index in [0.717, 1.165) is 37.1 Å². The summed E-state index contributed by atoms with van der Waals surface area (Å²) in [5.74, 6) is -1.99. The summed E-state index contributed by atoms with van der Waals surface area (Å²) in [5, 5.41) is 2.90. The number of carbonyl (C=O) groups excluding carboxylic acids is 2. The Morgan fingerprint density at radius 3 is 2.48 bits per heavy atom. The molecule has 6 aliphatic rings. The summed E-state index contributed by atoms with van der Waals surface area (Å²) in [5.41, 5.74) is 0.864. The van der Waals surface area contributed by atoms with Crippen molar-refractivity contribution in [3.63, 3.8) is 0 Å². The van der Waals surface area contributed by atoms with Crippen molar-refractivity contribution in [2.45, 2.75) is 36.7 Å². The predicted octanol–water partition coefficient (Wildman–Crippen LogP) is 2.60. The van der Waals surface area contributed by atoms with Crippen molar-refractivity contribution in [3.05, 3.63) is 53.8 Å². The highest BCUT2D eigenvalue weighted by atomic mass is 32.2. The van der Waals surface area contributed by atoms with E-state index in [1.807, 2.05) is 0 Å². The minimum atomic E-state index is -4.36. The van der Waals surface area contributed by atoms with Gasteiger partial charge in [-0.25, -0.2) is 12.8 Å². The van der Waals surface area contributed by atoms with Crippen LogP contribution in [0.3, 0.4) is 0 Å². The molecule has 2 N–H and O–H groups in total. The number of ketones is 1. The average molecular weight is 587 g/mol. The second-order valence-electron chi connectivity index (χ2n) is 11.6. The average Bonchev–Trinajstić information content (AvgIpc) is 3.70. The fraction of sp³-hybridized carbons (Fsp3) is 0.444. The van der Waals surface area contributed by atoms with Gasteiger partial charge in [0.05, 0.1) is 11.9 Å². The Labute approximate surface area is 231 Å². The number of halogens is 1. The Morgan fingerprint density at radius 2 is 1.75 bits per heavy atom. The van der Waals surface area contributed by atoms with Crippen LogP contribution in [0.1, 0.15) is 24.8 Å². The number of likely N-dealkylation sites (tertiary alicyclic amines) is 1. The number of rotatable bonds is 5. The second-order valence-corrected chi connectivity index (χ2v) is 14.9. The van der Waals surface area contributed by atoms with Gasteiger partial charge in [-0.15, -0.1) is 4.40 Å². The van der Waals surface area contributed by atoms with Gasteiger partial charge in [0.2, 0.25) is 15.9 Å². The van der Waals surface area contributed by atoms with Gasteiger partial charge in [0.15, 0.2) is 11.7 Å². The van der Waals surface area contributed by atoms with Crippen molar-refractivity contribution >= 4 is 48.9 Å². The first-order valence-electron chi connectivity index (χ1n) is 13.2. The van der Waals surface area contributed by atoms with Gasteiger partial charge < -0.3 is 10.2 Å². The maximum atomic E-state index is 14.1. The van der Waals surface area contributed by atoms with Gasteiger partial charge in [0.1, 0.15) is 16.5 Å². The summed E-state index contributed by atoms with van der Waals surface area (Å²) in [7, 11) is -8.01.